The Kier molecular flexibility index (Phi) is 5.53. The highest BCUT2D eigenvalue weighted by Crippen LogP contribution is 2.26. The minimum absolute atomic E-state index is 0.0682. The minimum atomic E-state index is -1.28. The van der Waals surface area contributed by atoms with Crippen molar-refractivity contribution in [3.8, 4) is 11.5 Å². The van der Waals surface area contributed by atoms with Crippen LogP contribution in [0, 0.1) is 0 Å². The Morgan fingerprint density at radius 3 is 2.52 bits per heavy atom. The van der Waals surface area contributed by atoms with Crippen molar-refractivity contribution in [3.05, 3.63) is 23.8 Å². The molecule has 0 aromatic heterocycles. The monoisotopic (exact) mass is 296 g/mol. The fourth-order valence-corrected chi connectivity index (χ4v) is 1.62. The van der Waals surface area contributed by atoms with E-state index in [1.807, 2.05) is 0 Å². The second-order valence-electron chi connectivity index (χ2n) is 4.26. The van der Waals surface area contributed by atoms with Gasteiger partial charge in [-0.2, -0.15) is 0 Å². The van der Waals surface area contributed by atoms with E-state index in [9.17, 15) is 19.5 Å². The highest BCUT2D eigenvalue weighted by molar-refractivity contribution is 5.97. The highest BCUT2D eigenvalue weighted by Gasteiger charge is 2.21. The van der Waals surface area contributed by atoms with Crippen LogP contribution in [-0.2, 0) is 9.59 Å². The molecule has 1 aromatic carbocycles. The first-order valence-electron chi connectivity index (χ1n) is 6.04. The molecule has 1 aromatic rings. The van der Waals surface area contributed by atoms with Crippen molar-refractivity contribution >= 4 is 17.8 Å². The van der Waals surface area contributed by atoms with Gasteiger partial charge in [-0.3, -0.25) is 9.59 Å². The molecule has 2 amide bonds. The summed E-state index contributed by atoms with van der Waals surface area (Å²) in [4.78, 5) is 33.6. The molecule has 5 N–H and O–H groups in total. The highest BCUT2D eigenvalue weighted by atomic mass is 16.5. The van der Waals surface area contributed by atoms with Crippen LogP contribution >= 0.6 is 0 Å². The summed E-state index contributed by atoms with van der Waals surface area (Å²) in [6.45, 7) is 0. The predicted octanol–water partition coefficient (Wildman–Crippen LogP) is -0.151. The van der Waals surface area contributed by atoms with Crippen LogP contribution in [0.1, 0.15) is 23.2 Å². The van der Waals surface area contributed by atoms with E-state index in [1.54, 1.807) is 0 Å². The van der Waals surface area contributed by atoms with Gasteiger partial charge in [-0.05, 0) is 24.6 Å². The van der Waals surface area contributed by atoms with Crippen LogP contribution in [0.5, 0.6) is 11.5 Å². The number of nitrogens with two attached hydrogens (primary N) is 1. The molecule has 0 heterocycles. The van der Waals surface area contributed by atoms with Gasteiger partial charge in [0.25, 0.3) is 5.91 Å². The zero-order valence-electron chi connectivity index (χ0n) is 11.3. The number of benzene rings is 1. The van der Waals surface area contributed by atoms with E-state index in [0.717, 1.165) is 6.07 Å². The Balaban J connectivity index is 2.79. The molecule has 1 rings (SSSR count). The average molecular weight is 296 g/mol. The van der Waals surface area contributed by atoms with Crippen LogP contribution in [0.2, 0.25) is 0 Å². The van der Waals surface area contributed by atoms with Gasteiger partial charge in [0.2, 0.25) is 5.91 Å². The zero-order chi connectivity index (χ0) is 16.0. The average Bonchev–Trinajstić information content (AvgIpc) is 2.42. The first-order valence-corrected chi connectivity index (χ1v) is 6.04. The summed E-state index contributed by atoms with van der Waals surface area (Å²) in [5.74, 6) is -2.67. The molecule has 0 aliphatic heterocycles. The fourth-order valence-electron chi connectivity index (χ4n) is 1.62. The predicted molar refractivity (Wildman–Crippen MR) is 72.0 cm³/mol. The van der Waals surface area contributed by atoms with Crippen LogP contribution in [0.15, 0.2) is 18.2 Å². The smallest absolute Gasteiger partial charge is 0.326 e. The maximum absolute atomic E-state index is 11.9. The summed E-state index contributed by atoms with van der Waals surface area (Å²) < 4.78 is 4.84. The van der Waals surface area contributed by atoms with Crippen molar-refractivity contribution in [1.82, 2.24) is 5.32 Å². The number of phenols is 1. The summed E-state index contributed by atoms with van der Waals surface area (Å²) in [6.07, 6.45) is -0.274. The lowest BCUT2D eigenvalue weighted by Gasteiger charge is -2.14. The van der Waals surface area contributed by atoms with Crippen molar-refractivity contribution in [2.75, 3.05) is 7.11 Å². The Morgan fingerprint density at radius 2 is 2.05 bits per heavy atom. The van der Waals surface area contributed by atoms with Crippen molar-refractivity contribution in [2.24, 2.45) is 5.73 Å². The third kappa shape index (κ3) is 4.68. The number of phenolic OH excluding ortho intramolecular Hbond substituents is 1. The van der Waals surface area contributed by atoms with E-state index in [2.05, 4.69) is 5.32 Å². The molecule has 0 aliphatic carbocycles. The maximum atomic E-state index is 11.9. The van der Waals surface area contributed by atoms with Crippen LogP contribution < -0.4 is 15.8 Å². The number of carboxylic acid groups (broad SMARTS) is 1. The number of carbonyl (C=O) groups is 3. The third-order valence-corrected chi connectivity index (χ3v) is 2.72. The van der Waals surface area contributed by atoms with Gasteiger partial charge in [0, 0.05) is 12.0 Å². The second kappa shape index (κ2) is 7.13. The lowest BCUT2D eigenvalue weighted by molar-refractivity contribution is -0.139. The number of primary amides is 1. The first kappa shape index (κ1) is 16.3. The zero-order valence-corrected chi connectivity index (χ0v) is 11.3. The van der Waals surface area contributed by atoms with Gasteiger partial charge < -0.3 is 26.0 Å². The summed E-state index contributed by atoms with van der Waals surface area (Å²) in [7, 11) is 1.36. The van der Waals surface area contributed by atoms with E-state index in [4.69, 9.17) is 15.6 Å². The minimum Gasteiger partial charge on any atom is -0.504 e. The number of aliphatic carboxylic acids is 1. The lowest BCUT2D eigenvalue weighted by atomic mass is 10.1. The molecule has 21 heavy (non-hydrogen) atoms. The fraction of sp³-hybridized carbons (Fsp3) is 0.308. The molecule has 1 unspecified atom stereocenters. The van der Waals surface area contributed by atoms with Gasteiger partial charge in [-0.25, -0.2) is 4.79 Å². The van der Waals surface area contributed by atoms with Crippen molar-refractivity contribution in [1.29, 1.82) is 0 Å². The van der Waals surface area contributed by atoms with Crippen molar-refractivity contribution in [3.63, 3.8) is 0 Å². The van der Waals surface area contributed by atoms with Gasteiger partial charge in [-0.15, -0.1) is 0 Å². The van der Waals surface area contributed by atoms with Crippen LogP contribution in [0.3, 0.4) is 0 Å². The van der Waals surface area contributed by atoms with E-state index in [1.165, 1.54) is 19.2 Å². The molecular weight excluding hydrogens is 280 g/mol. The molecule has 0 radical (unpaired) electrons. The SMILES string of the molecule is COc1ccc(C(=O)NC(CCC(N)=O)C(=O)O)cc1O. The maximum Gasteiger partial charge on any atom is 0.326 e. The number of ether oxygens (including phenoxy) is 1. The number of aromatic hydroxyl groups is 1. The third-order valence-electron chi connectivity index (χ3n) is 2.72. The molecule has 0 fully saturated rings. The summed E-state index contributed by atoms with van der Waals surface area (Å²) >= 11 is 0. The number of nitrogens with one attached hydrogen (secondary N) is 1. The number of hydrogen-bond acceptors (Lipinski definition) is 5. The Bertz CT molecular complexity index is 558. The summed E-state index contributed by atoms with van der Waals surface area (Å²) in [5.41, 5.74) is 5.01. The van der Waals surface area contributed by atoms with Gasteiger partial charge in [-0.1, -0.05) is 0 Å². The Hall–Kier alpha value is -2.77. The van der Waals surface area contributed by atoms with Gasteiger partial charge in [0.05, 0.1) is 7.11 Å². The van der Waals surface area contributed by atoms with Gasteiger partial charge >= 0.3 is 5.97 Å². The molecule has 114 valence electrons. The van der Waals surface area contributed by atoms with Crippen LogP contribution in [0.25, 0.3) is 0 Å². The number of carbonyl (C=O) groups excluding carboxylic acids is 2. The van der Waals surface area contributed by atoms with Crippen molar-refractivity contribution in [2.45, 2.75) is 18.9 Å². The molecule has 0 saturated carbocycles. The molecule has 0 aliphatic rings. The van der Waals surface area contributed by atoms with Crippen LogP contribution in [0.4, 0.5) is 0 Å². The molecule has 0 saturated heterocycles. The molecule has 0 bridgehead atoms. The van der Waals surface area contributed by atoms with E-state index in [0.29, 0.717) is 0 Å². The summed E-state index contributed by atoms with van der Waals surface area (Å²) in [6, 6.07) is 2.67. The number of hydrogen-bond donors (Lipinski definition) is 4. The molecular formula is C13H16N2O6. The largest absolute Gasteiger partial charge is 0.504 e. The molecule has 1 atom stereocenters. The van der Waals surface area contributed by atoms with Gasteiger partial charge in [0.15, 0.2) is 11.5 Å². The first-order chi connectivity index (χ1) is 9.85. The Morgan fingerprint density at radius 1 is 1.38 bits per heavy atom. The number of rotatable bonds is 7. The molecule has 8 heteroatoms. The van der Waals surface area contributed by atoms with E-state index < -0.39 is 23.8 Å². The standard InChI is InChI=1S/C13H16N2O6/c1-21-10-4-2-7(6-9(10)16)12(18)15-8(13(19)20)3-5-11(14)17/h2,4,6,8,16H,3,5H2,1H3,(H2,14,17)(H,15,18)(H,19,20). The molecule has 0 spiro atoms. The topological polar surface area (TPSA) is 139 Å². The van der Waals surface area contributed by atoms with E-state index >= 15 is 0 Å². The second-order valence-corrected chi connectivity index (χ2v) is 4.26. The number of methoxy groups -OCH3 is 1. The Labute approximate surface area is 120 Å². The number of amides is 2. The quantitative estimate of drug-likeness (QED) is 0.552. The summed E-state index contributed by atoms with van der Waals surface area (Å²) in [5, 5.41) is 20.8. The number of carboxylic acids is 1. The molecule has 8 nitrogen and oxygen atoms in total. The van der Waals surface area contributed by atoms with Gasteiger partial charge in [0.1, 0.15) is 6.04 Å². The lowest BCUT2D eigenvalue weighted by Crippen LogP contribution is -2.41. The van der Waals surface area contributed by atoms with Crippen molar-refractivity contribution < 1.29 is 29.3 Å². The normalized spacial score (nSPS) is 11.5. The van der Waals surface area contributed by atoms with E-state index in [-0.39, 0.29) is 29.9 Å². The van der Waals surface area contributed by atoms with Crippen LogP contribution in [-0.4, -0.2) is 41.1 Å².